The molecule has 4 heteroatoms. The SMILES string of the molecule is C/C=C/CCNC(=O)c1ccc(O)c(O)c1. The Kier molecular flexibility index (Phi) is 4.39. The second-order valence-electron chi connectivity index (χ2n) is 3.32. The van der Waals surface area contributed by atoms with Crippen molar-refractivity contribution in [2.75, 3.05) is 6.54 Å². The van der Waals surface area contributed by atoms with Gasteiger partial charge in [-0.3, -0.25) is 4.79 Å². The zero-order chi connectivity index (χ0) is 12.0. The van der Waals surface area contributed by atoms with Gasteiger partial charge in [0.15, 0.2) is 11.5 Å². The van der Waals surface area contributed by atoms with Crippen LogP contribution in [-0.4, -0.2) is 22.7 Å². The molecule has 1 aromatic rings. The van der Waals surface area contributed by atoms with Crippen LogP contribution in [0.1, 0.15) is 23.7 Å². The standard InChI is InChI=1S/C12H15NO3/c1-2-3-4-7-13-12(16)9-5-6-10(14)11(15)8-9/h2-3,5-6,8,14-15H,4,7H2,1H3,(H,13,16)/b3-2+. The maximum atomic E-state index is 11.5. The highest BCUT2D eigenvalue weighted by Gasteiger charge is 2.07. The van der Waals surface area contributed by atoms with E-state index in [1.165, 1.54) is 18.2 Å². The van der Waals surface area contributed by atoms with Gasteiger partial charge in [0.2, 0.25) is 0 Å². The summed E-state index contributed by atoms with van der Waals surface area (Å²) in [7, 11) is 0. The molecule has 1 aromatic carbocycles. The first-order valence-electron chi connectivity index (χ1n) is 5.06. The summed E-state index contributed by atoms with van der Waals surface area (Å²) in [5.41, 5.74) is 0.329. The molecule has 0 fully saturated rings. The van der Waals surface area contributed by atoms with E-state index in [1.54, 1.807) is 0 Å². The highest BCUT2D eigenvalue weighted by atomic mass is 16.3. The van der Waals surface area contributed by atoms with Crippen molar-refractivity contribution in [1.29, 1.82) is 0 Å². The third kappa shape index (κ3) is 3.31. The smallest absolute Gasteiger partial charge is 0.251 e. The quantitative estimate of drug-likeness (QED) is 0.412. The van der Waals surface area contributed by atoms with E-state index >= 15 is 0 Å². The fourth-order valence-corrected chi connectivity index (χ4v) is 1.20. The largest absolute Gasteiger partial charge is 0.504 e. The van der Waals surface area contributed by atoms with Gasteiger partial charge in [-0.1, -0.05) is 12.2 Å². The van der Waals surface area contributed by atoms with Crippen LogP contribution in [0.2, 0.25) is 0 Å². The summed E-state index contributed by atoms with van der Waals surface area (Å²) in [4.78, 5) is 11.5. The van der Waals surface area contributed by atoms with Crippen molar-refractivity contribution in [2.45, 2.75) is 13.3 Å². The van der Waals surface area contributed by atoms with Crippen LogP contribution >= 0.6 is 0 Å². The maximum Gasteiger partial charge on any atom is 0.251 e. The lowest BCUT2D eigenvalue weighted by Gasteiger charge is -2.04. The summed E-state index contributed by atoms with van der Waals surface area (Å²) >= 11 is 0. The maximum absolute atomic E-state index is 11.5. The van der Waals surface area contributed by atoms with E-state index in [-0.39, 0.29) is 17.4 Å². The summed E-state index contributed by atoms with van der Waals surface area (Å²) in [6.07, 6.45) is 4.64. The van der Waals surface area contributed by atoms with Gasteiger partial charge in [-0.15, -0.1) is 0 Å². The molecule has 4 nitrogen and oxygen atoms in total. The molecule has 0 aliphatic carbocycles. The number of benzene rings is 1. The van der Waals surface area contributed by atoms with Crippen LogP contribution in [-0.2, 0) is 0 Å². The van der Waals surface area contributed by atoms with Crippen LogP contribution in [0, 0.1) is 0 Å². The van der Waals surface area contributed by atoms with Crippen molar-refractivity contribution in [2.24, 2.45) is 0 Å². The number of aromatic hydroxyl groups is 2. The molecule has 1 rings (SSSR count). The Labute approximate surface area is 94.2 Å². The van der Waals surface area contributed by atoms with Crippen LogP contribution in [0.4, 0.5) is 0 Å². The summed E-state index contributed by atoms with van der Waals surface area (Å²) in [5, 5.41) is 21.0. The fourth-order valence-electron chi connectivity index (χ4n) is 1.20. The van der Waals surface area contributed by atoms with Gasteiger partial charge in [-0.05, 0) is 31.5 Å². The van der Waals surface area contributed by atoms with E-state index in [4.69, 9.17) is 5.11 Å². The minimum Gasteiger partial charge on any atom is -0.504 e. The number of carbonyl (C=O) groups is 1. The van der Waals surface area contributed by atoms with Gasteiger partial charge in [0.1, 0.15) is 0 Å². The fraction of sp³-hybridized carbons (Fsp3) is 0.250. The van der Waals surface area contributed by atoms with Crippen molar-refractivity contribution < 1.29 is 15.0 Å². The predicted molar refractivity (Wildman–Crippen MR) is 61.5 cm³/mol. The molecule has 0 aliphatic heterocycles. The summed E-state index contributed by atoms with van der Waals surface area (Å²) in [6.45, 7) is 2.46. The van der Waals surface area contributed by atoms with Crippen molar-refractivity contribution >= 4 is 5.91 Å². The number of hydrogen-bond donors (Lipinski definition) is 3. The number of rotatable bonds is 4. The van der Waals surface area contributed by atoms with E-state index in [2.05, 4.69) is 5.32 Å². The second-order valence-corrected chi connectivity index (χ2v) is 3.32. The van der Waals surface area contributed by atoms with Crippen molar-refractivity contribution in [3.63, 3.8) is 0 Å². The van der Waals surface area contributed by atoms with Gasteiger partial charge in [0.05, 0.1) is 0 Å². The molecule has 0 unspecified atom stereocenters. The van der Waals surface area contributed by atoms with E-state index in [9.17, 15) is 9.90 Å². The van der Waals surface area contributed by atoms with Crippen LogP contribution in [0.15, 0.2) is 30.4 Å². The summed E-state index contributed by atoms with van der Waals surface area (Å²) in [6, 6.07) is 3.98. The first-order chi connectivity index (χ1) is 7.65. The summed E-state index contributed by atoms with van der Waals surface area (Å²) < 4.78 is 0. The normalized spacial score (nSPS) is 10.6. The number of nitrogens with one attached hydrogen (secondary N) is 1. The number of amides is 1. The van der Waals surface area contributed by atoms with Gasteiger partial charge in [-0.2, -0.15) is 0 Å². The van der Waals surface area contributed by atoms with Gasteiger partial charge in [0, 0.05) is 12.1 Å². The molecule has 0 spiro atoms. The molecule has 0 atom stereocenters. The molecule has 0 radical (unpaired) electrons. The van der Waals surface area contributed by atoms with Gasteiger partial charge < -0.3 is 15.5 Å². The lowest BCUT2D eigenvalue weighted by Crippen LogP contribution is -2.23. The molecule has 3 N–H and O–H groups in total. The van der Waals surface area contributed by atoms with Crippen LogP contribution in [0.25, 0.3) is 0 Å². The zero-order valence-electron chi connectivity index (χ0n) is 9.10. The molecular formula is C12H15NO3. The number of carbonyl (C=O) groups excluding carboxylic acids is 1. The number of allylic oxidation sites excluding steroid dienone is 1. The Morgan fingerprint density at radius 3 is 2.75 bits per heavy atom. The topological polar surface area (TPSA) is 69.6 Å². The van der Waals surface area contributed by atoms with Crippen molar-refractivity contribution in [1.82, 2.24) is 5.32 Å². The third-order valence-electron chi connectivity index (χ3n) is 2.07. The lowest BCUT2D eigenvalue weighted by molar-refractivity contribution is 0.0954. The van der Waals surface area contributed by atoms with E-state index < -0.39 is 0 Å². The molecule has 0 saturated heterocycles. The number of hydrogen-bond acceptors (Lipinski definition) is 3. The molecule has 0 bridgehead atoms. The Morgan fingerprint density at radius 2 is 2.12 bits per heavy atom. The van der Waals surface area contributed by atoms with Crippen LogP contribution in [0.5, 0.6) is 11.5 Å². The highest BCUT2D eigenvalue weighted by molar-refractivity contribution is 5.94. The number of phenolic OH excluding ortho intramolecular Hbond substituents is 2. The highest BCUT2D eigenvalue weighted by Crippen LogP contribution is 2.24. The molecule has 0 heterocycles. The number of phenols is 2. The third-order valence-corrected chi connectivity index (χ3v) is 2.07. The van der Waals surface area contributed by atoms with Gasteiger partial charge in [-0.25, -0.2) is 0 Å². The minimum atomic E-state index is -0.291. The summed E-state index contributed by atoms with van der Waals surface area (Å²) in [5.74, 6) is -0.786. The average molecular weight is 221 g/mol. The van der Waals surface area contributed by atoms with Gasteiger partial charge in [0.25, 0.3) is 5.91 Å². The lowest BCUT2D eigenvalue weighted by atomic mass is 10.2. The molecule has 0 aliphatic rings. The molecule has 16 heavy (non-hydrogen) atoms. The molecule has 86 valence electrons. The molecule has 0 aromatic heterocycles. The minimum absolute atomic E-state index is 0.231. The average Bonchev–Trinajstić information content (AvgIpc) is 2.28. The molecule has 1 amide bonds. The van der Waals surface area contributed by atoms with E-state index in [0.717, 1.165) is 6.42 Å². The monoisotopic (exact) mass is 221 g/mol. The zero-order valence-corrected chi connectivity index (χ0v) is 9.10. The van der Waals surface area contributed by atoms with Gasteiger partial charge >= 0.3 is 0 Å². The Hall–Kier alpha value is -1.97. The first kappa shape index (κ1) is 12.1. The predicted octanol–water partition coefficient (Wildman–Crippen LogP) is 1.79. The first-order valence-corrected chi connectivity index (χ1v) is 5.06. The molecular weight excluding hydrogens is 206 g/mol. The van der Waals surface area contributed by atoms with E-state index in [0.29, 0.717) is 12.1 Å². The molecule has 0 saturated carbocycles. The Balaban J connectivity index is 2.56. The Morgan fingerprint density at radius 1 is 1.38 bits per heavy atom. The van der Waals surface area contributed by atoms with Crippen LogP contribution in [0.3, 0.4) is 0 Å². The van der Waals surface area contributed by atoms with Crippen molar-refractivity contribution in [3.05, 3.63) is 35.9 Å². The van der Waals surface area contributed by atoms with Crippen molar-refractivity contribution in [3.8, 4) is 11.5 Å². The second kappa shape index (κ2) is 5.80. The van der Waals surface area contributed by atoms with Crippen LogP contribution < -0.4 is 5.32 Å². The van der Waals surface area contributed by atoms with E-state index in [1.807, 2.05) is 19.1 Å². The Bertz CT molecular complexity index is 399.